The van der Waals surface area contributed by atoms with E-state index in [2.05, 4.69) is 9.88 Å². The molecule has 0 unspecified atom stereocenters. The van der Waals surface area contributed by atoms with Gasteiger partial charge >= 0.3 is 5.97 Å². The molecular weight excluding hydrogens is 386 g/mol. The maximum Gasteiger partial charge on any atom is 0.355 e. The molecule has 0 spiro atoms. The minimum Gasteiger partial charge on any atom is -0.476 e. The first-order chi connectivity index (χ1) is 13.1. The average Bonchev–Trinajstić information content (AvgIpc) is 3.35. The van der Waals surface area contributed by atoms with Gasteiger partial charge < -0.3 is 9.84 Å². The van der Waals surface area contributed by atoms with Gasteiger partial charge in [0.2, 0.25) is 0 Å². The van der Waals surface area contributed by atoms with Crippen LogP contribution in [0.1, 0.15) is 38.4 Å². The van der Waals surface area contributed by atoms with E-state index in [0.29, 0.717) is 27.9 Å². The molecule has 0 saturated carbocycles. The molecular formula is C18H23N3O4S2. The van der Waals surface area contributed by atoms with Crippen LogP contribution in [0, 0.1) is 0 Å². The van der Waals surface area contributed by atoms with Gasteiger partial charge in [-0.3, -0.25) is 14.6 Å². The SMILES string of the molecule is CCc1sc(N(CCCN2CCOCC2)C(=O)c2cccs2)nc1C(=O)O. The number of carboxylic acids is 1. The Kier molecular flexibility index (Phi) is 6.95. The molecule has 146 valence electrons. The minimum absolute atomic E-state index is 0.0506. The summed E-state index contributed by atoms with van der Waals surface area (Å²) < 4.78 is 5.37. The number of nitrogens with zero attached hydrogens (tertiary/aromatic N) is 3. The number of thiazole rings is 1. The number of hydrogen-bond donors (Lipinski definition) is 1. The average molecular weight is 410 g/mol. The Hall–Kier alpha value is -1.81. The molecule has 3 heterocycles. The van der Waals surface area contributed by atoms with Crippen LogP contribution in [0.3, 0.4) is 0 Å². The first-order valence-corrected chi connectivity index (χ1v) is 10.7. The molecule has 2 aromatic heterocycles. The van der Waals surface area contributed by atoms with Gasteiger partial charge in [0, 0.05) is 31.1 Å². The Morgan fingerprint density at radius 1 is 1.37 bits per heavy atom. The van der Waals surface area contributed by atoms with Crippen molar-refractivity contribution in [3.8, 4) is 0 Å². The van der Waals surface area contributed by atoms with E-state index in [4.69, 9.17) is 4.74 Å². The van der Waals surface area contributed by atoms with Gasteiger partial charge in [0.1, 0.15) is 0 Å². The third-order valence-corrected chi connectivity index (χ3v) is 6.46. The lowest BCUT2D eigenvalue weighted by molar-refractivity contribution is 0.0376. The van der Waals surface area contributed by atoms with Crippen LogP contribution in [0.15, 0.2) is 17.5 Å². The highest BCUT2D eigenvalue weighted by molar-refractivity contribution is 7.16. The van der Waals surface area contributed by atoms with E-state index in [1.807, 2.05) is 18.4 Å². The highest BCUT2D eigenvalue weighted by Crippen LogP contribution is 2.29. The fourth-order valence-corrected chi connectivity index (χ4v) is 4.64. The smallest absolute Gasteiger partial charge is 0.355 e. The van der Waals surface area contributed by atoms with Crippen LogP contribution < -0.4 is 4.90 Å². The van der Waals surface area contributed by atoms with Gasteiger partial charge in [-0.15, -0.1) is 22.7 Å². The molecule has 9 heteroatoms. The van der Waals surface area contributed by atoms with Crippen LogP contribution in [0.4, 0.5) is 5.13 Å². The van der Waals surface area contributed by atoms with Crippen molar-refractivity contribution in [1.82, 2.24) is 9.88 Å². The number of rotatable bonds is 8. The van der Waals surface area contributed by atoms with Gasteiger partial charge in [-0.2, -0.15) is 0 Å². The minimum atomic E-state index is -1.05. The van der Waals surface area contributed by atoms with E-state index < -0.39 is 5.97 Å². The maximum atomic E-state index is 13.0. The molecule has 1 aliphatic rings. The summed E-state index contributed by atoms with van der Waals surface area (Å²) in [5, 5.41) is 11.7. The second kappa shape index (κ2) is 9.41. The Balaban J connectivity index is 1.77. The van der Waals surface area contributed by atoms with Gasteiger partial charge in [0.25, 0.3) is 5.91 Å². The molecule has 0 radical (unpaired) electrons. The number of thiophene rings is 1. The van der Waals surface area contributed by atoms with E-state index in [9.17, 15) is 14.7 Å². The number of hydrogen-bond acceptors (Lipinski definition) is 7. The Bertz CT molecular complexity index is 770. The normalized spacial score (nSPS) is 15.0. The van der Waals surface area contributed by atoms with Crippen LogP contribution in [-0.2, 0) is 11.2 Å². The van der Waals surface area contributed by atoms with Crippen molar-refractivity contribution in [2.75, 3.05) is 44.3 Å². The van der Waals surface area contributed by atoms with Crippen molar-refractivity contribution in [1.29, 1.82) is 0 Å². The predicted molar refractivity (Wildman–Crippen MR) is 106 cm³/mol. The van der Waals surface area contributed by atoms with Gasteiger partial charge in [-0.05, 0) is 24.3 Å². The van der Waals surface area contributed by atoms with Crippen LogP contribution >= 0.6 is 22.7 Å². The number of carbonyl (C=O) groups is 2. The lowest BCUT2D eigenvalue weighted by Gasteiger charge is -2.27. The van der Waals surface area contributed by atoms with E-state index in [0.717, 1.165) is 39.3 Å². The van der Waals surface area contributed by atoms with Crippen molar-refractivity contribution < 1.29 is 19.4 Å². The number of morpholine rings is 1. The van der Waals surface area contributed by atoms with E-state index >= 15 is 0 Å². The monoisotopic (exact) mass is 409 g/mol. The van der Waals surface area contributed by atoms with Crippen molar-refractivity contribution >= 4 is 39.7 Å². The standard InChI is InChI=1S/C18H23N3O4S2/c1-2-13-15(17(23)24)19-18(27-13)21(16(22)14-5-3-12-26-14)7-4-6-20-8-10-25-11-9-20/h3,5,12H,2,4,6-11H2,1H3,(H,23,24). The summed E-state index contributed by atoms with van der Waals surface area (Å²) in [5.41, 5.74) is 0.0506. The topological polar surface area (TPSA) is 83.0 Å². The molecule has 1 aliphatic heterocycles. The quantitative estimate of drug-likeness (QED) is 0.722. The van der Waals surface area contributed by atoms with Crippen molar-refractivity contribution in [3.63, 3.8) is 0 Å². The van der Waals surface area contributed by atoms with Gasteiger partial charge in [0.15, 0.2) is 10.8 Å². The van der Waals surface area contributed by atoms with E-state index in [1.165, 1.54) is 22.7 Å². The van der Waals surface area contributed by atoms with Crippen LogP contribution in [-0.4, -0.2) is 66.3 Å². The summed E-state index contributed by atoms with van der Waals surface area (Å²) in [4.78, 5) is 34.0. The number of anilines is 1. The largest absolute Gasteiger partial charge is 0.476 e. The second-order valence-electron chi connectivity index (χ2n) is 6.17. The Morgan fingerprint density at radius 3 is 2.74 bits per heavy atom. The second-order valence-corrected chi connectivity index (χ2v) is 8.18. The van der Waals surface area contributed by atoms with Crippen molar-refractivity contribution in [2.24, 2.45) is 0 Å². The highest BCUT2D eigenvalue weighted by Gasteiger charge is 2.25. The number of aromatic carboxylic acids is 1. The zero-order valence-electron chi connectivity index (χ0n) is 15.2. The number of amides is 1. The molecule has 0 aromatic carbocycles. The molecule has 0 bridgehead atoms. The Labute approximate surface area is 166 Å². The fourth-order valence-electron chi connectivity index (χ4n) is 2.96. The summed E-state index contributed by atoms with van der Waals surface area (Å²) in [5.74, 6) is -1.17. The third-order valence-electron chi connectivity index (χ3n) is 4.38. The van der Waals surface area contributed by atoms with Gasteiger partial charge in [-0.1, -0.05) is 13.0 Å². The molecule has 1 fully saturated rings. The van der Waals surface area contributed by atoms with Gasteiger partial charge in [-0.25, -0.2) is 9.78 Å². The molecule has 27 heavy (non-hydrogen) atoms. The van der Waals surface area contributed by atoms with Crippen molar-refractivity contribution in [2.45, 2.75) is 19.8 Å². The first-order valence-electron chi connectivity index (χ1n) is 8.98. The summed E-state index contributed by atoms with van der Waals surface area (Å²) in [6.07, 6.45) is 1.37. The predicted octanol–water partition coefficient (Wildman–Crippen LogP) is 2.83. The molecule has 1 N–H and O–H groups in total. The highest BCUT2D eigenvalue weighted by atomic mass is 32.1. The third kappa shape index (κ3) is 4.92. The number of carboxylic acid groups (broad SMARTS) is 1. The van der Waals surface area contributed by atoms with Crippen LogP contribution in [0.25, 0.3) is 0 Å². The summed E-state index contributed by atoms with van der Waals surface area (Å²) in [6.45, 7) is 6.56. The summed E-state index contributed by atoms with van der Waals surface area (Å²) in [6, 6.07) is 3.63. The maximum absolute atomic E-state index is 13.0. The molecule has 1 saturated heterocycles. The zero-order valence-corrected chi connectivity index (χ0v) is 16.9. The van der Waals surface area contributed by atoms with Gasteiger partial charge in [0.05, 0.1) is 18.1 Å². The molecule has 2 aromatic rings. The lowest BCUT2D eigenvalue weighted by atomic mass is 10.3. The molecule has 0 atom stereocenters. The molecule has 1 amide bonds. The Morgan fingerprint density at radius 2 is 2.15 bits per heavy atom. The van der Waals surface area contributed by atoms with Crippen LogP contribution in [0.2, 0.25) is 0 Å². The van der Waals surface area contributed by atoms with Crippen molar-refractivity contribution in [3.05, 3.63) is 33.0 Å². The number of ether oxygens (including phenoxy) is 1. The molecule has 3 rings (SSSR count). The zero-order chi connectivity index (χ0) is 19.2. The summed E-state index contributed by atoms with van der Waals surface area (Å²) in [7, 11) is 0. The number of aryl methyl sites for hydroxylation is 1. The fraction of sp³-hybridized carbons (Fsp3) is 0.500. The molecule has 0 aliphatic carbocycles. The number of carbonyl (C=O) groups excluding carboxylic acids is 1. The van der Waals surface area contributed by atoms with E-state index in [1.54, 1.807) is 11.0 Å². The van der Waals surface area contributed by atoms with Crippen LogP contribution in [0.5, 0.6) is 0 Å². The van der Waals surface area contributed by atoms with E-state index in [-0.39, 0.29) is 11.6 Å². The number of aromatic nitrogens is 1. The lowest BCUT2D eigenvalue weighted by Crippen LogP contribution is -2.39. The molecule has 7 nitrogen and oxygen atoms in total. The first kappa shape index (κ1) is 19.9. The summed E-state index contributed by atoms with van der Waals surface area (Å²) >= 11 is 2.67.